The molecule has 0 saturated carbocycles. The average Bonchev–Trinajstić information content (AvgIpc) is 2.70. The van der Waals surface area contributed by atoms with Crippen molar-refractivity contribution in [3.8, 4) is 0 Å². The van der Waals surface area contributed by atoms with Crippen LogP contribution < -0.4 is 4.90 Å². The summed E-state index contributed by atoms with van der Waals surface area (Å²) in [4.78, 5) is 0.371. The summed E-state index contributed by atoms with van der Waals surface area (Å²) in [6.07, 6.45) is 0. The summed E-state index contributed by atoms with van der Waals surface area (Å²) in [6.45, 7) is 0. The summed E-state index contributed by atoms with van der Waals surface area (Å²) in [5, 5.41) is 14.6. The van der Waals surface area contributed by atoms with Crippen LogP contribution in [0.3, 0.4) is 0 Å². The fraction of sp³-hybridized carbons (Fsp3) is 0. The first kappa shape index (κ1) is 6.99. The molecule has 6 nitrogen and oxygen atoms in total. The Morgan fingerprint density at radius 1 is 1.31 bits per heavy atom. The third-order valence-corrected chi connectivity index (χ3v) is 2.92. The van der Waals surface area contributed by atoms with Gasteiger partial charge in [0.15, 0.2) is 0 Å². The van der Waals surface area contributed by atoms with Gasteiger partial charge in [0.05, 0.1) is 0 Å². The Balaban J connectivity index is 2.66. The van der Waals surface area contributed by atoms with Gasteiger partial charge in [0.25, 0.3) is 0 Å². The van der Waals surface area contributed by atoms with Gasteiger partial charge >= 0.3 is 77.0 Å². The molecule has 0 aliphatic heterocycles. The van der Waals surface area contributed by atoms with Crippen molar-refractivity contribution < 1.29 is 9.53 Å². The Labute approximate surface area is 77.5 Å². The Morgan fingerprint density at radius 3 is 3.15 bits per heavy atom. The quantitative estimate of drug-likeness (QED) is 0.390. The zero-order valence-corrected chi connectivity index (χ0v) is 7.88. The van der Waals surface area contributed by atoms with Crippen LogP contribution in [0.4, 0.5) is 0 Å². The van der Waals surface area contributed by atoms with Gasteiger partial charge in [0.2, 0.25) is 0 Å². The summed E-state index contributed by atoms with van der Waals surface area (Å²) < 4.78 is 12.8. The van der Waals surface area contributed by atoms with E-state index in [4.69, 9.17) is 0 Å². The molecule has 2 aromatic heterocycles. The van der Waals surface area contributed by atoms with Crippen molar-refractivity contribution in [3.63, 3.8) is 0 Å². The summed E-state index contributed by atoms with van der Waals surface area (Å²) in [7, 11) is 0. The number of nitrogens with zero attached hydrogens (tertiary/aromatic N) is 4. The first-order chi connectivity index (χ1) is 6.36. The van der Waals surface area contributed by atoms with Crippen molar-refractivity contribution in [2.75, 3.05) is 0 Å². The molecule has 0 saturated heterocycles. The van der Waals surface area contributed by atoms with Gasteiger partial charge in [-0.05, 0) is 0 Å². The van der Waals surface area contributed by atoms with Gasteiger partial charge in [-0.1, -0.05) is 0 Å². The minimum atomic E-state index is -0.108. The predicted molar refractivity (Wildman–Crippen MR) is 43.0 cm³/mol. The van der Waals surface area contributed by atoms with E-state index < -0.39 is 0 Å². The van der Waals surface area contributed by atoms with Gasteiger partial charge in [-0.15, -0.1) is 0 Å². The van der Waals surface area contributed by atoms with Crippen LogP contribution in [0, 0.1) is 5.21 Å². The van der Waals surface area contributed by atoms with E-state index in [1.165, 1.54) is 0 Å². The van der Waals surface area contributed by atoms with Crippen molar-refractivity contribution in [2.45, 2.75) is 0 Å². The molecule has 0 aliphatic rings. The third-order valence-electron chi connectivity index (χ3n) is 1.78. The Bertz CT molecular complexity index is 586. The number of hydrogen-bond donors (Lipinski definition) is 0. The first-order valence-electron chi connectivity index (χ1n) is 3.47. The molecule has 13 heavy (non-hydrogen) atoms. The molecule has 0 amide bonds. The Kier molecular flexibility index (Phi) is 1.22. The molecule has 3 rings (SSSR count). The molecule has 64 valence electrons. The molecule has 0 fully saturated rings. The standard InChI is InChI=1S/C6H2N4O2Se/c11-10-4-2-1-3-5(9-13-8-3)6(4)7-12-10/h1-2H. The van der Waals surface area contributed by atoms with Gasteiger partial charge in [-0.3, -0.25) is 0 Å². The second-order valence-corrected chi connectivity index (χ2v) is 3.60. The molecule has 7 heteroatoms. The zero-order chi connectivity index (χ0) is 8.84. The number of hydrogen-bond acceptors (Lipinski definition) is 5. The zero-order valence-electron chi connectivity index (χ0n) is 6.17. The molecule has 0 atom stereocenters. The number of benzene rings is 1. The van der Waals surface area contributed by atoms with Gasteiger partial charge in [0, 0.05) is 0 Å². The SMILES string of the molecule is [O-][n+]1onc2c3n[se]nc3ccc21. The molecule has 0 N–H and O–H groups in total. The van der Waals surface area contributed by atoms with E-state index in [0.717, 1.165) is 5.52 Å². The second kappa shape index (κ2) is 2.27. The van der Waals surface area contributed by atoms with Crippen LogP contribution in [-0.2, 0) is 0 Å². The van der Waals surface area contributed by atoms with E-state index in [1.807, 2.05) is 0 Å². The fourth-order valence-corrected chi connectivity index (χ4v) is 2.31. The van der Waals surface area contributed by atoms with Gasteiger partial charge in [-0.2, -0.15) is 0 Å². The van der Waals surface area contributed by atoms with E-state index in [2.05, 4.69) is 17.7 Å². The van der Waals surface area contributed by atoms with E-state index in [-0.39, 0.29) is 15.0 Å². The molecule has 0 aliphatic carbocycles. The van der Waals surface area contributed by atoms with Gasteiger partial charge in [0.1, 0.15) is 0 Å². The molecule has 0 radical (unpaired) electrons. The van der Waals surface area contributed by atoms with E-state index in [9.17, 15) is 5.21 Å². The fourth-order valence-electron chi connectivity index (χ4n) is 1.19. The molecule has 1 aromatic carbocycles. The van der Waals surface area contributed by atoms with Crippen molar-refractivity contribution in [1.82, 2.24) is 13.1 Å². The first-order valence-corrected chi connectivity index (χ1v) is 5.00. The normalized spacial score (nSPS) is 11.4. The van der Waals surface area contributed by atoms with Crippen LogP contribution in [0.15, 0.2) is 16.8 Å². The van der Waals surface area contributed by atoms with Crippen LogP contribution >= 0.6 is 0 Å². The Morgan fingerprint density at radius 2 is 2.23 bits per heavy atom. The average molecular weight is 241 g/mol. The van der Waals surface area contributed by atoms with E-state index in [0.29, 0.717) is 21.5 Å². The van der Waals surface area contributed by atoms with Gasteiger partial charge in [-0.25, -0.2) is 0 Å². The van der Waals surface area contributed by atoms with Crippen molar-refractivity contribution in [2.24, 2.45) is 0 Å². The second-order valence-electron chi connectivity index (χ2n) is 2.50. The van der Waals surface area contributed by atoms with Crippen LogP contribution in [0.5, 0.6) is 0 Å². The maximum atomic E-state index is 11.0. The van der Waals surface area contributed by atoms with Crippen LogP contribution in [0.25, 0.3) is 22.1 Å². The summed E-state index contributed by atoms with van der Waals surface area (Å²) in [5.74, 6) is 0. The van der Waals surface area contributed by atoms with Crippen LogP contribution in [0.1, 0.15) is 0 Å². The molecule has 2 heterocycles. The van der Waals surface area contributed by atoms with Crippen LogP contribution in [0.2, 0.25) is 0 Å². The topological polar surface area (TPSA) is 78.8 Å². The monoisotopic (exact) mass is 242 g/mol. The summed E-state index contributed by atoms with van der Waals surface area (Å²) in [5.41, 5.74) is 2.36. The molecule has 0 unspecified atom stereocenters. The number of fused-ring (bicyclic) bond motifs is 3. The Hall–Kier alpha value is -1.46. The maximum absolute atomic E-state index is 11.0. The third kappa shape index (κ3) is 0.824. The minimum absolute atomic E-state index is 0.108. The molecule has 3 aromatic rings. The van der Waals surface area contributed by atoms with E-state index >= 15 is 0 Å². The molecular weight excluding hydrogens is 239 g/mol. The van der Waals surface area contributed by atoms with E-state index in [1.54, 1.807) is 12.1 Å². The predicted octanol–water partition coefficient (Wildman–Crippen LogP) is -0.539. The van der Waals surface area contributed by atoms with Crippen molar-refractivity contribution >= 4 is 37.0 Å². The summed E-state index contributed by atoms with van der Waals surface area (Å²) in [6, 6.07) is 3.39. The van der Waals surface area contributed by atoms with Crippen molar-refractivity contribution in [3.05, 3.63) is 17.3 Å². The van der Waals surface area contributed by atoms with Crippen molar-refractivity contribution in [1.29, 1.82) is 0 Å². The van der Waals surface area contributed by atoms with Gasteiger partial charge < -0.3 is 0 Å². The number of rotatable bonds is 0. The molecular formula is C6H2N4O2Se. The molecule has 0 bridgehead atoms. The summed E-state index contributed by atoms with van der Waals surface area (Å²) >= 11 is -0.108. The van der Waals surface area contributed by atoms with Crippen LogP contribution in [-0.4, -0.2) is 28.1 Å². The number of aromatic nitrogens is 4. The molecule has 0 spiro atoms.